The second-order valence-electron chi connectivity index (χ2n) is 4.90. The van der Waals surface area contributed by atoms with Crippen LogP contribution in [0.2, 0.25) is 0 Å². The van der Waals surface area contributed by atoms with Gasteiger partial charge >= 0.3 is 0 Å². The molecule has 0 saturated heterocycles. The highest BCUT2D eigenvalue weighted by Crippen LogP contribution is 2.45. The van der Waals surface area contributed by atoms with Crippen molar-refractivity contribution < 1.29 is 9.84 Å². The Kier molecular flexibility index (Phi) is 4.46. The van der Waals surface area contributed by atoms with Gasteiger partial charge in [0.1, 0.15) is 11.5 Å². The predicted molar refractivity (Wildman–Crippen MR) is 82.6 cm³/mol. The molecule has 2 nitrogen and oxygen atoms in total. The Balaban J connectivity index is 0.000000704. The Morgan fingerprint density at radius 3 is 2.35 bits per heavy atom. The summed E-state index contributed by atoms with van der Waals surface area (Å²) in [7, 11) is 0. The molecule has 2 aromatic rings. The van der Waals surface area contributed by atoms with Crippen LogP contribution in [0.5, 0.6) is 11.5 Å². The Morgan fingerprint density at radius 1 is 1.00 bits per heavy atom. The molecule has 1 aliphatic heterocycles. The molecule has 2 unspecified atom stereocenters. The fourth-order valence-corrected chi connectivity index (χ4v) is 2.64. The average molecular weight is 270 g/mol. The molecule has 0 amide bonds. The molecule has 0 aliphatic carbocycles. The first-order chi connectivity index (χ1) is 9.66. The van der Waals surface area contributed by atoms with E-state index in [0.29, 0.717) is 0 Å². The van der Waals surface area contributed by atoms with Crippen LogP contribution in [0.4, 0.5) is 0 Å². The van der Waals surface area contributed by atoms with Gasteiger partial charge in [0.15, 0.2) is 0 Å². The van der Waals surface area contributed by atoms with Crippen LogP contribution in [-0.2, 0) is 0 Å². The SMILES string of the molecule is CC.Cc1ccc2c(c1)C(C(C)O)c1ccccc1O2. The van der Waals surface area contributed by atoms with E-state index in [1.807, 2.05) is 57.2 Å². The molecule has 1 N–H and O–H groups in total. The van der Waals surface area contributed by atoms with Gasteiger partial charge in [-0.1, -0.05) is 49.7 Å². The van der Waals surface area contributed by atoms with Crippen LogP contribution in [-0.4, -0.2) is 11.2 Å². The number of ether oxygens (including phenoxy) is 1. The highest BCUT2D eigenvalue weighted by molar-refractivity contribution is 5.54. The van der Waals surface area contributed by atoms with Crippen LogP contribution < -0.4 is 4.74 Å². The Hall–Kier alpha value is -1.80. The summed E-state index contributed by atoms with van der Waals surface area (Å²) < 4.78 is 5.90. The molecular formula is C18H22O2. The summed E-state index contributed by atoms with van der Waals surface area (Å²) in [5.41, 5.74) is 3.32. The lowest BCUT2D eigenvalue weighted by Gasteiger charge is -2.30. The van der Waals surface area contributed by atoms with Gasteiger partial charge < -0.3 is 9.84 Å². The minimum absolute atomic E-state index is 0.00940. The van der Waals surface area contributed by atoms with Gasteiger partial charge in [0.05, 0.1) is 6.10 Å². The largest absolute Gasteiger partial charge is 0.457 e. The summed E-state index contributed by atoms with van der Waals surface area (Å²) in [5.74, 6) is 1.69. The molecule has 1 heterocycles. The maximum atomic E-state index is 10.1. The molecule has 2 atom stereocenters. The first-order valence-corrected chi connectivity index (χ1v) is 7.22. The van der Waals surface area contributed by atoms with Gasteiger partial charge in [-0.2, -0.15) is 0 Å². The van der Waals surface area contributed by atoms with Gasteiger partial charge in [-0.25, -0.2) is 0 Å². The summed E-state index contributed by atoms with van der Waals surface area (Å²) in [5, 5.41) is 10.1. The third-order valence-corrected chi connectivity index (χ3v) is 3.46. The first kappa shape index (κ1) is 14.6. The van der Waals surface area contributed by atoms with E-state index in [2.05, 4.69) is 13.0 Å². The number of hydrogen-bond acceptors (Lipinski definition) is 2. The van der Waals surface area contributed by atoms with E-state index in [9.17, 15) is 5.11 Å². The number of para-hydroxylation sites is 1. The average Bonchev–Trinajstić information content (AvgIpc) is 2.46. The zero-order valence-electron chi connectivity index (χ0n) is 12.6. The van der Waals surface area contributed by atoms with E-state index < -0.39 is 6.10 Å². The highest BCUT2D eigenvalue weighted by atomic mass is 16.5. The van der Waals surface area contributed by atoms with Crippen LogP contribution in [0.3, 0.4) is 0 Å². The summed E-state index contributed by atoms with van der Waals surface area (Å²) in [4.78, 5) is 0. The number of aliphatic hydroxyl groups is 1. The third-order valence-electron chi connectivity index (χ3n) is 3.46. The van der Waals surface area contributed by atoms with Crippen molar-refractivity contribution in [3.63, 3.8) is 0 Å². The van der Waals surface area contributed by atoms with E-state index in [1.165, 1.54) is 5.56 Å². The van der Waals surface area contributed by atoms with Crippen molar-refractivity contribution in [3.05, 3.63) is 59.2 Å². The lowest BCUT2D eigenvalue weighted by atomic mass is 9.84. The lowest BCUT2D eigenvalue weighted by molar-refractivity contribution is 0.171. The number of rotatable bonds is 1. The number of benzene rings is 2. The molecule has 0 bridgehead atoms. The van der Waals surface area contributed by atoms with Crippen molar-refractivity contribution in [2.24, 2.45) is 0 Å². The second-order valence-corrected chi connectivity index (χ2v) is 4.90. The second kappa shape index (κ2) is 6.10. The van der Waals surface area contributed by atoms with Crippen molar-refractivity contribution in [3.8, 4) is 11.5 Å². The van der Waals surface area contributed by atoms with E-state index in [4.69, 9.17) is 4.74 Å². The highest BCUT2D eigenvalue weighted by Gasteiger charge is 2.30. The maximum Gasteiger partial charge on any atom is 0.131 e. The quantitative estimate of drug-likeness (QED) is 0.818. The topological polar surface area (TPSA) is 29.5 Å². The minimum atomic E-state index is -0.435. The fourth-order valence-electron chi connectivity index (χ4n) is 2.64. The van der Waals surface area contributed by atoms with Gasteiger partial charge in [0.25, 0.3) is 0 Å². The van der Waals surface area contributed by atoms with Crippen molar-refractivity contribution in [2.45, 2.75) is 39.7 Å². The molecule has 2 aromatic carbocycles. The Labute approximate surface area is 121 Å². The number of fused-ring (bicyclic) bond motifs is 2. The van der Waals surface area contributed by atoms with Gasteiger partial charge in [0.2, 0.25) is 0 Å². The van der Waals surface area contributed by atoms with Gasteiger partial charge in [-0.3, -0.25) is 0 Å². The normalized spacial score (nSPS) is 16.9. The standard InChI is InChI=1S/C16H16O2.C2H6/c1-10-7-8-15-13(9-10)16(11(2)17)12-5-3-4-6-14(12)18-15;1-2/h3-9,11,16-17H,1-2H3;1-2H3. The summed E-state index contributed by atoms with van der Waals surface area (Å²) in [6.07, 6.45) is -0.435. The van der Waals surface area contributed by atoms with Gasteiger partial charge in [-0.05, 0) is 26.0 Å². The molecule has 1 aliphatic rings. The molecule has 0 aromatic heterocycles. The zero-order valence-corrected chi connectivity index (χ0v) is 12.6. The number of aliphatic hydroxyl groups excluding tert-OH is 1. The molecule has 20 heavy (non-hydrogen) atoms. The first-order valence-electron chi connectivity index (χ1n) is 7.22. The van der Waals surface area contributed by atoms with Crippen molar-refractivity contribution in [2.75, 3.05) is 0 Å². The van der Waals surface area contributed by atoms with Crippen LogP contribution in [0.15, 0.2) is 42.5 Å². The van der Waals surface area contributed by atoms with E-state index in [-0.39, 0.29) is 5.92 Å². The maximum absolute atomic E-state index is 10.1. The van der Waals surface area contributed by atoms with Gasteiger partial charge in [-0.15, -0.1) is 0 Å². The molecule has 0 fully saturated rings. The van der Waals surface area contributed by atoms with Crippen molar-refractivity contribution in [1.82, 2.24) is 0 Å². The summed E-state index contributed by atoms with van der Waals surface area (Å²) in [6.45, 7) is 7.89. The van der Waals surface area contributed by atoms with Gasteiger partial charge in [0, 0.05) is 17.0 Å². The molecular weight excluding hydrogens is 248 g/mol. The van der Waals surface area contributed by atoms with Crippen LogP contribution in [0.1, 0.15) is 43.4 Å². The van der Waals surface area contributed by atoms with E-state index in [1.54, 1.807) is 0 Å². The smallest absolute Gasteiger partial charge is 0.131 e. The van der Waals surface area contributed by atoms with E-state index >= 15 is 0 Å². The number of aryl methyl sites for hydroxylation is 1. The number of hydrogen-bond donors (Lipinski definition) is 1. The Morgan fingerprint density at radius 2 is 1.65 bits per heavy atom. The van der Waals surface area contributed by atoms with Crippen LogP contribution >= 0.6 is 0 Å². The minimum Gasteiger partial charge on any atom is -0.457 e. The summed E-state index contributed by atoms with van der Waals surface area (Å²) >= 11 is 0. The van der Waals surface area contributed by atoms with Crippen molar-refractivity contribution in [1.29, 1.82) is 0 Å². The molecule has 3 rings (SSSR count). The lowest BCUT2D eigenvalue weighted by Crippen LogP contribution is -2.20. The molecule has 0 saturated carbocycles. The monoisotopic (exact) mass is 270 g/mol. The van der Waals surface area contributed by atoms with Crippen LogP contribution in [0, 0.1) is 6.92 Å². The van der Waals surface area contributed by atoms with Crippen LogP contribution in [0.25, 0.3) is 0 Å². The Bertz CT molecular complexity index is 588. The zero-order chi connectivity index (χ0) is 14.7. The molecule has 2 heteroatoms. The molecule has 106 valence electrons. The van der Waals surface area contributed by atoms with E-state index in [0.717, 1.165) is 22.6 Å². The third kappa shape index (κ3) is 2.56. The van der Waals surface area contributed by atoms with Crippen molar-refractivity contribution >= 4 is 0 Å². The fraction of sp³-hybridized carbons (Fsp3) is 0.333. The molecule has 0 spiro atoms. The molecule has 0 radical (unpaired) electrons. The summed E-state index contributed by atoms with van der Waals surface area (Å²) in [6, 6.07) is 14.0. The predicted octanol–water partition coefficient (Wildman–Crippen LogP) is 4.64.